The highest BCUT2D eigenvalue weighted by atomic mass is 16.5. The average Bonchev–Trinajstić information content (AvgIpc) is 3.24. The van der Waals surface area contributed by atoms with Gasteiger partial charge < -0.3 is 15.2 Å². The number of carbonyl (C=O) groups excluding carboxylic acids is 1. The minimum atomic E-state index is -0.124. The minimum absolute atomic E-state index is 0.0569. The van der Waals surface area contributed by atoms with Crippen molar-refractivity contribution in [1.29, 1.82) is 0 Å². The van der Waals surface area contributed by atoms with Gasteiger partial charge in [-0.15, -0.1) is 0 Å². The van der Waals surface area contributed by atoms with Gasteiger partial charge in [0.05, 0.1) is 11.9 Å². The van der Waals surface area contributed by atoms with Gasteiger partial charge in [0.1, 0.15) is 6.10 Å². The summed E-state index contributed by atoms with van der Waals surface area (Å²) in [6.07, 6.45) is 13.0. The van der Waals surface area contributed by atoms with Crippen LogP contribution in [-0.2, 0) is 9.53 Å². The highest BCUT2D eigenvalue weighted by Crippen LogP contribution is 2.68. The molecule has 1 amide bonds. The molecule has 5 aliphatic rings. The van der Waals surface area contributed by atoms with Crippen molar-refractivity contribution in [2.75, 3.05) is 6.54 Å². The van der Waals surface area contributed by atoms with E-state index in [0.717, 1.165) is 56.4 Å². The number of nitrogens with one attached hydrogen (secondary N) is 1. The molecule has 9 atom stereocenters. The quantitative estimate of drug-likeness (QED) is 0.518. The lowest BCUT2D eigenvalue weighted by molar-refractivity contribution is -0.119. The Bertz CT molecular complexity index is 861. The molecule has 0 saturated heterocycles. The molecule has 0 aromatic rings. The second-order valence-electron chi connectivity index (χ2n) is 12.8. The van der Waals surface area contributed by atoms with E-state index in [9.17, 15) is 9.90 Å². The third kappa shape index (κ3) is 3.79. The Morgan fingerprint density at radius 2 is 2.06 bits per heavy atom. The van der Waals surface area contributed by atoms with Gasteiger partial charge in [-0.25, -0.2) is 0 Å². The van der Waals surface area contributed by atoms with Crippen molar-refractivity contribution in [3.05, 3.63) is 23.0 Å². The Hall–Kier alpha value is -1.29. The summed E-state index contributed by atoms with van der Waals surface area (Å²) < 4.78 is 6.70. The lowest BCUT2D eigenvalue weighted by Gasteiger charge is -2.57. The zero-order valence-electron chi connectivity index (χ0n) is 21.5. The molecule has 0 bridgehead atoms. The first-order valence-electron chi connectivity index (χ1n) is 13.6. The molecule has 2 N–H and O–H groups in total. The Morgan fingerprint density at radius 3 is 2.82 bits per heavy atom. The first-order valence-corrected chi connectivity index (χ1v) is 13.6. The van der Waals surface area contributed by atoms with Gasteiger partial charge in [0.2, 0.25) is 5.91 Å². The van der Waals surface area contributed by atoms with Crippen molar-refractivity contribution in [2.45, 2.75) is 105 Å². The molecule has 3 fully saturated rings. The summed E-state index contributed by atoms with van der Waals surface area (Å²) in [4.78, 5) is 11.2. The Morgan fingerprint density at radius 1 is 1.27 bits per heavy atom. The van der Waals surface area contributed by atoms with E-state index in [2.05, 4.69) is 39.1 Å². The molecule has 5 rings (SSSR count). The standard InChI is InChI=1S/C29H45NO3/c1-17(16-30-19(3)31)6-9-25-18(2)27-26(33-25)15-24-22-8-7-20-14-21(32)10-12-28(20,4)23(22)11-13-29(24,27)5/h7,17,21-24,26-27,32H,6,8-16H2,1-5H3,(H,30,31)/t17-,21+,22-,23+,24+,26+,27+,28+,29+/m1/s1. The van der Waals surface area contributed by atoms with Gasteiger partial charge in [-0.05, 0) is 98.4 Å². The SMILES string of the molecule is CC(=O)NC[C@H](C)CCC1=C(C)[C@H]2[C@H](C[C@H]3[C@@H]4CC=C5C[C@@H](O)CC[C@]5(C)[C@H]4CC[C@@]32C)O1. The first kappa shape index (κ1) is 23.5. The summed E-state index contributed by atoms with van der Waals surface area (Å²) in [5, 5.41) is 13.2. The lowest BCUT2D eigenvalue weighted by atomic mass is 9.47. The largest absolute Gasteiger partial charge is 0.494 e. The van der Waals surface area contributed by atoms with Gasteiger partial charge in [0, 0.05) is 25.8 Å². The normalized spacial score (nSPS) is 44.7. The summed E-state index contributed by atoms with van der Waals surface area (Å²) in [6, 6.07) is 0. The monoisotopic (exact) mass is 455 g/mol. The van der Waals surface area contributed by atoms with Gasteiger partial charge in [-0.2, -0.15) is 0 Å². The number of ether oxygens (including phenoxy) is 1. The van der Waals surface area contributed by atoms with E-state index < -0.39 is 0 Å². The third-order valence-electron chi connectivity index (χ3n) is 10.8. The fourth-order valence-electron chi connectivity index (χ4n) is 9.02. The van der Waals surface area contributed by atoms with Crippen molar-refractivity contribution < 1.29 is 14.6 Å². The molecule has 4 nitrogen and oxygen atoms in total. The Balaban J connectivity index is 1.30. The third-order valence-corrected chi connectivity index (χ3v) is 10.8. The van der Waals surface area contributed by atoms with E-state index in [1.54, 1.807) is 12.5 Å². The number of hydrogen-bond donors (Lipinski definition) is 2. The summed E-state index contributed by atoms with van der Waals surface area (Å²) in [5.41, 5.74) is 3.75. The summed E-state index contributed by atoms with van der Waals surface area (Å²) in [5.74, 6) is 4.66. The Labute approximate surface area is 200 Å². The molecule has 184 valence electrons. The molecule has 0 aromatic heterocycles. The smallest absolute Gasteiger partial charge is 0.216 e. The maximum atomic E-state index is 11.2. The average molecular weight is 456 g/mol. The topological polar surface area (TPSA) is 58.6 Å². The van der Waals surface area contributed by atoms with Crippen molar-refractivity contribution in [3.63, 3.8) is 0 Å². The zero-order chi connectivity index (χ0) is 23.5. The minimum Gasteiger partial charge on any atom is -0.494 e. The molecule has 1 aliphatic heterocycles. The van der Waals surface area contributed by atoms with Crippen LogP contribution in [0.2, 0.25) is 0 Å². The molecular formula is C29H45NO3. The van der Waals surface area contributed by atoms with Crippen molar-refractivity contribution in [1.82, 2.24) is 5.32 Å². The fraction of sp³-hybridized carbons (Fsp3) is 0.828. The highest BCUT2D eigenvalue weighted by molar-refractivity contribution is 5.72. The van der Waals surface area contributed by atoms with E-state index in [0.29, 0.717) is 28.8 Å². The van der Waals surface area contributed by atoms with Gasteiger partial charge >= 0.3 is 0 Å². The Kier molecular flexibility index (Phi) is 5.99. The van der Waals surface area contributed by atoms with Crippen LogP contribution < -0.4 is 5.32 Å². The summed E-state index contributed by atoms with van der Waals surface area (Å²) >= 11 is 0. The predicted molar refractivity (Wildman–Crippen MR) is 131 cm³/mol. The summed E-state index contributed by atoms with van der Waals surface area (Å²) in [6.45, 7) is 12.0. The van der Waals surface area contributed by atoms with Crippen molar-refractivity contribution in [2.24, 2.45) is 40.4 Å². The molecule has 0 spiro atoms. The molecule has 4 aliphatic carbocycles. The first-order chi connectivity index (χ1) is 15.6. The number of hydrogen-bond acceptors (Lipinski definition) is 3. The lowest BCUT2D eigenvalue weighted by Crippen LogP contribution is -2.50. The number of aliphatic hydroxyl groups is 1. The van der Waals surface area contributed by atoms with Crippen LogP contribution in [0.3, 0.4) is 0 Å². The van der Waals surface area contributed by atoms with Crippen molar-refractivity contribution in [3.8, 4) is 0 Å². The van der Waals surface area contributed by atoms with Crippen LogP contribution in [0.1, 0.15) is 92.4 Å². The van der Waals surface area contributed by atoms with Gasteiger partial charge in [-0.3, -0.25) is 4.79 Å². The fourth-order valence-corrected chi connectivity index (χ4v) is 9.02. The van der Waals surface area contributed by atoms with E-state index in [1.807, 2.05) is 0 Å². The van der Waals surface area contributed by atoms with Crippen LogP contribution in [0.4, 0.5) is 0 Å². The number of rotatable bonds is 5. The molecule has 33 heavy (non-hydrogen) atoms. The van der Waals surface area contributed by atoms with E-state index in [-0.39, 0.29) is 12.0 Å². The number of carbonyl (C=O) groups is 1. The van der Waals surface area contributed by atoms with Crippen LogP contribution in [0.15, 0.2) is 23.0 Å². The zero-order valence-corrected chi connectivity index (χ0v) is 21.5. The van der Waals surface area contributed by atoms with E-state index in [1.165, 1.54) is 37.0 Å². The van der Waals surface area contributed by atoms with Crippen LogP contribution in [0, 0.1) is 40.4 Å². The van der Waals surface area contributed by atoms with Gasteiger partial charge in [-0.1, -0.05) is 32.4 Å². The van der Waals surface area contributed by atoms with Gasteiger partial charge in [0.25, 0.3) is 0 Å². The van der Waals surface area contributed by atoms with Crippen LogP contribution in [0.25, 0.3) is 0 Å². The van der Waals surface area contributed by atoms with Gasteiger partial charge in [0.15, 0.2) is 0 Å². The number of aliphatic hydroxyl groups excluding tert-OH is 1. The van der Waals surface area contributed by atoms with Crippen LogP contribution in [0.5, 0.6) is 0 Å². The van der Waals surface area contributed by atoms with E-state index >= 15 is 0 Å². The molecule has 0 radical (unpaired) electrons. The van der Waals surface area contributed by atoms with Crippen LogP contribution in [-0.4, -0.2) is 29.8 Å². The molecule has 0 unspecified atom stereocenters. The molecular weight excluding hydrogens is 410 g/mol. The van der Waals surface area contributed by atoms with Crippen LogP contribution >= 0.6 is 0 Å². The second-order valence-corrected chi connectivity index (χ2v) is 12.8. The molecule has 3 saturated carbocycles. The second kappa shape index (κ2) is 8.43. The number of allylic oxidation sites excluding steroid dienone is 2. The van der Waals surface area contributed by atoms with Crippen molar-refractivity contribution >= 4 is 5.91 Å². The molecule has 1 heterocycles. The predicted octanol–water partition coefficient (Wildman–Crippen LogP) is 5.76. The molecule has 4 heteroatoms. The highest BCUT2D eigenvalue weighted by Gasteiger charge is 2.63. The number of amides is 1. The number of fused-ring (bicyclic) bond motifs is 7. The maximum Gasteiger partial charge on any atom is 0.216 e. The maximum absolute atomic E-state index is 11.2. The summed E-state index contributed by atoms with van der Waals surface area (Å²) in [7, 11) is 0. The molecule has 0 aromatic carbocycles. The van der Waals surface area contributed by atoms with E-state index in [4.69, 9.17) is 4.74 Å².